The van der Waals surface area contributed by atoms with Crippen LogP contribution in [0.2, 0.25) is 5.02 Å². The lowest BCUT2D eigenvalue weighted by Crippen LogP contribution is -2.36. The molecule has 0 aliphatic rings. The number of benzene rings is 1. The largest absolute Gasteiger partial charge is 0.492 e. The monoisotopic (exact) mass is 285 g/mol. The highest BCUT2D eigenvalue weighted by Crippen LogP contribution is 2.17. The maximum atomic E-state index is 10.6. The normalized spacial score (nSPS) is 11.0. The number of carboxylic acids is 1. The van der Waals surface area contributed by atoms with Gasteiger partial charge in [0.1, 0.15) is 12.4 Å². The van der Waals surface area contributed by atoms with Crippen molar-refractivity contribution in [1.82, 2.24) is 4.90 Å². The molecule has 0 aliphatic heterocycles. The molecule has 0 spiro atoms. The van der Waals surface area contributed by atoms with Crippen LogP contribution in [-0.4, -0.2) is 41.7 Å². The minimum atomic E-state index is -0.776. The van der Waals surface area contributed by atoms with Crippen molar-refractivity contribution in [2.75, 3.05) is 19.7 Å². The van der Waals surface area contributed by atoms with E-state index in [0.717, 1.165) is 5.75 Å². The summed E-state index contributed by atoms with van der Waals surface area (Å²) in [4.78, 5) is 12.7. The van der Waals surface area contributed by atoms with E-state index in [0.29, 0.717) is 30.8 Å². The van der Waals surface area contributed by atoms with Crippen LogP contribution in [0.15, 0.2) is 24.3 Å². The van der Waals surface area contributed by atoms with Crippen molar-refractivity contribution in [2.24, 2.45) is 0 Å². The molecule has 1 aromatic rings. The Labute approximate surface area is 118 Å². The molecule has 0 amide bonds. The second-order valence-electron chi connectivity index (χ2n) is 4.58. The smallest absolute Gasteiger partial charge is 0.304 e. The summed E-state index contributed by atoms with van der Waals surface area (Å²) in [6.45, 7) is 5.82. The van der Waals surface area contributed by atoms with Gasteiger partial charge in [-0.1, -0.05) is 17.7 Å². The van der Waals surface area contributed by atoms with Crippen LogP contribution in [0.25, 0.3) is 0 Å². The van der Waals surface area contributed by atoms with Crippen molar-refractivity contribution in [3.63, 3.8) is 0 Å². The predicted octanol–water partition coefficient (Wildman–Crippen LogP) is 2.90. The predicted molar refractivity (Wildman–Crippen MR) is 75.9 cm³/mol. The Bertz CT molecular complexity index is 409. The molecule has 1 aromatic carbocycles. The Morgan fingerprint density at radius 1 is 1.42 bits per heavy atom. The van der Waals surface area contributed by atoms with Crippen LogP contribution < -0.4 is 4.74 Å². The summed E-state index contributed by atoms with van der Waals surface area (Å²) in [6, 6.07) is 7.54. The maximum absolute atomic E-state index is 10.6. The van der Waals surface area contributed by atoms with E-state index >= 15 is 0 Å². The SMILES string of the molecule is CC(C)N(CCOc1cccc(Cl)c1)CCC(=O)O. The fourth-order valence-electron chi connectivity index (χ4n) is 1.70. The number of halogens is 1. The molecule has 0 heterocycles. The van der Waals surface area contributed by atoms with Gasteiger partial charge in [0.25, 0.3) is 0 Å². The lowest BCUT2D eigenvalue weighted by molar-refractivity contribution is -0.137. The molecule has 1 N–H and O–H groups in total. The Hall–Kier alpha value is -1.26. The number of nitrogens with zero attached hydrogens (tertiary/aromatic N) is 1. The second-order valence-corrected chi connectivity index (χ2v) is 5.02. The highest BCUT2D eigenvalue weighted by molar-refractivity contribution is 6.30. The first-order valence-corrected chi connectivity index (χ1v) is 6.71. The molecule has 0 unspecified atom stereocenters. The van der Waals surface area contributed by atoms with Crippen molar-refractivity contribution < 1.29 is 14.6 Å². The zero-order valence-electron chi connectivity index (χ0n) is 11.3. The molecule has 1 rings (SSSR count). The van der Waals surface area contributed by atoms with Gasteiger partial charge in [-0.2, -0.15) is 0 Å². The zero-order valence-corrected chi connectivity index (χ0v) is 12.1. The van der Waals surface area contributed by atoms with Crippen LogP contribution in [0.4, 0.5) is 0 Å². The second kappa shape index (κ2) is 8.02. The molecular formula is C14H20ClNO3. The number of hydrogen-bond donors (Lipinski definition) is 1. The summed E-state index contributed by atoms with van der Waals surface area (Å²) in [5.41, 5.74) is 0. The summed E-state index contributed by atoms with van der Waals surface area (Å²) in [7, 11) is 0. The maximum Gasteiger partial charge on any atom is 0.304 e. The molecule has 0 saturated carbocycles. The van der Waals surface area contributed by atoms with Crippen molar-refractivity contribution in [2.45, 2.75) is 26.3 Å². The Morgan fingerprint density at radius 2 is 2.16 bits per heavy atom. The van der Waals surface area contributed by atoms with Crippen molar-refractivity contribution in [1.29, 1.82) is 0 Å². The standard InChI is InChI=1S/C14H20ClNO3/c1-11(2)16(7-6-14(17)18)8-9-19-13-5-3-4-12(15)10-13/h3-5,10-11H,6-9H2,1-2H3,(H,17,18). The number of hydrogen-bond acceptors (Lipinski definition) is 3. The Balaban J connectivity index is 2.37. The third-order valence-electron chi connectivity index (χ3n) is 2.79. The summed E-state index contributed by atoms with van der Waals surface area (Å²) < 4.78 is 5.60. The summed E-state index contributed by atoms with van der Waals surface area (Å²) >= 11 is 5.87. The van der Waals surface area contributed by atoms with Crippen LogP contribution in [0, 0.1) is 0 Å². The first kappa shape index (κ1) is 15.8. The molecule has 0 aliphatic carbocycles. The van der Waals surface area contributed by atoms with Crippen LogP contribution in [-0.2, 0) is 4.79 Å². The molecule has 0 bridgehead atoms. The first-order valence-electron chi connectivity index (χ1n) is 6.33. The molecule has 0 atom stereocenters. The quantitative estimate of drug-likeness (QED) is 0.798. The van der Waals surface area contributed by atoms with Crippen molar-refractivity contribution >= 4 is 17.6 Å². The first-order chi connectivity index (χ1) is 8.99. The van der Waals surface area contributed by atoms with E-state index in [2.05, 4.69) is 4.90 Å². The van der Waals surface area contributed by atoms with E-state index in [9.17, 15) is 4.79 Å². The number of aliphatic carboxylic acids is 1. The number of rotatable bonds is 8. The van der Waals surface area contributed by atoms with Gasteiger partial charge in [0.2, 0.25) is 0 Å². The van der Waals surface area contributed by atoms with Crippen LogP contribution in [0.3, 0.4) is 0 Å². The van der Waals surface area contributed by atoms with Crippen LogP contribution in [0.5, 0.6) is 5.75 Å². The Morgan fingerprint density at radius 3 is 2.74 bits per heavy atom. The van der Waals surface area contributed by atoms with Gasteiger partial charge in [-0.05, 0) is 32.0 Å². The van der Waals surface area contributed by atoms with E-state index < -0.39 is 5.97 Å². The van der Waals surface area contributed by atoms with Gasteiger partial charge in [-0.15, -0.1) is 0 Å². The average Bonchev–Trinajstić information content (AvgIpc) is 2.32. The van der Waals surface area contributed by atoms with Gasteiger partial charge in [-0.25, -0.2) is 0 Å². The van der Waals surface area contributed by atoms with Gasteiger partial charge < -0.3 is 9.84 Å². The molecule has 0 saturated heterocycles. The lowest BCUT2D eigenvalue weighted by Gasteiger charge is -2.25. The third-order valence-corrected chi connectivity index (χ3v) is 3.02. The van der Waals surface area contributed by atoms with E-state index in [4.69, 9.17) is 21.4 Å². The fraction of sp³-hybridized carbons (Fsp3) is 0.500. The van der Waals surface area contributed by atoms with Gasteiger partial charge in [0.15, 0.2) is 0 Å². The zero-order chi connectivity index (χ0) is 14.3. The molecule has 4 nitrogen and oxygen atoms in total. The van der Waals surface area contributed by atoms with E-state index in [1.54, 1.807) is 12.1 Å². The molecule has 106 valence electrons. The number of carboxylic acid groups (broad SMARTS) is 1. The molecule has 19 heavy (non-hydrogen) atoms. The van der Waals surface area contributed by atoms with E-state index in [-0.39, 0.29) is 6.42 Å². The Kier molecular flexibility index (Phi) is 6.67. The summed E-state index contributed by atoms with van der Waals surface area (Å²) in [5, 5.41) is 9.35. The molecule has 0 radical (unpaired) electrons. The van der Waals surface area contributed by atoms with Gasteiger partial charge in [0, 0.05) is 24.2 Å². The van der Waals surface area contributed by atoms with Crippen LogP contribution >= 0.6 is 11.6 Å². The topological polar surface area (TPSA) is 49.8 Å². The van der Waals surface area contributed by atoms with Gasteiger partial charge >= 0.3 is 5.97 Å². The molecule has 5 heteroatoms. The van der Waals surface area contributed by atoms with Crippen molar-refractivity contribution in [3.8, 4) is 5.75 Å². The molecule has 0 fully saturated rings. The van der Waals surface area contributed by atoms with Crippen LogP contribution in [0.1, 0.15) is 20.3 Å². The van der Waals surface area contributed by atoms with Crippen molar-refractivity contribution in [3.05, 3.63) is 29.3 Å². The summed E-state index contributed by atoms with van der Waals surface area (Å²) in [5.74, 6) is -0.0455. The van der Waals surface area contributed by atoms with Gasteiger partial charge in [-0.3, -0.25) is 9.69 Å². The number of ether oxygens (including phenoxy) is 1. The highest BCUT2D eigenvalue weighted by atomic mass is 35.5. The minimum absolute atomic E-state index is 0.148. The van der Waals surface area contributed by atoms with E-state index in [1.807, 2.05) is 26.0 Å². The van der Waals surface area contributed by atoms with E-state index in [1.165, 1.54) is 0 Å². The molecule has 0 aromatic heterocycles. The average molecular weight is 286 g/mol. The summed E-state index contributed by atoms with van der Waals surface area (Å²) in [6.07, 6.45) is 0.148. The number of carbonyl (C=O) groups is 1. The third kappa shape index (κ3) is 6.45. The van der Waals surface area contributed by atoms with Gasteiger partial charge in [0.05, 0.1) is 6.42 Å². The fourth-order valence-corrected chi connectivity index (χ4v) is 1.89. The lowest BCUT2D eigenvalue weighted by atomic mass is 10.3. The molecular weight excluding hydrogens is 266 g/mol. The minimum Gasteiger partial charge on any atom is -0.492 e. The highest BCUT2D eigenvalue weighted by Gasteiger charge is 2.11.